The topological polar surface area (TPSA) is 30.0 Å². The number of ketones is 1. The van der Waals surface area contributed by atoms with E-state index in [-0.39, 0.29) is 5.78 Å². The molecule has 1 aromatic rings. The second kappa shape index (κ2) is 4.28. The third-order valence-electron chi connectivity index (χ3n) is 3.56. The summed E-state index contributed by atoms with van der Waals surface area (Å²) in [7, 11) is 0. The van der Waals surface area contributed by atoms with Crippen LogP contribution in [0.5, 0.6) is 0 Å². The van der Waals surface area contributed by atoms with Crippen molar-refractivity contribution >= 4 is 17.1 Å². The maximum Gasteiger partial charge on any atom is 0.171 e. The number of thiazole rings is 1. The molecule has 0 spiro atoms. The van der Waals surface area contributed by atoms with Gasteiger partial charge in [-0.2, -0.15) is 0 Å². The standard InChI is InChI=1S/C13H19NOS/c1-9(15)11-8-14-12(16-11)10-4-6-13(2,3)7-5-10/h8,10H,4-7H2,1-3H3. The number of hydrogen-bond donors (Lipinski definition) is 0. The van der Waals surface area contributed by atoms with Crippen molar-refractivity contribution in [1.82, 2.24) is 4.98 Å². The molecular formula is C13H19NOS. The molecule has 0 amide bonds. The van der Waals surface area contributed by atoms with Crippen LogP contribution in [-0.4, -0.2) is 10.8 Å². The van der Waals surface area contributed by atoms with Crippen molar-refractivity contribution in [2.75, 3.05) is 0 Å². The van der Waals surface area contributed by atoms with Gasteiger partial charge in [0.15, 0.2) is 5.78 Å². The summed E-state index contributed by atoms with van der Waals surface area (Å²) in [5, 5.41) is 1.17. The maximum absolute atomic E-state index is 11.2. The van der Waals surface area contributed by atoms with E-state index < -0.39 is 0 Å². The van der Waals surface area contributed by atoms with Crippen molar-refractivity contribution in [2.45, 2.75) is 52.4 Å². The van der Waals surface area contributed by atoms with Gasteiger partial charge in [-0.25, -0.2) is 4.98 Å². The van der Waals surface area contributed by atoms with Gasteiger partial charge in [-0.05, 0) is 31.1 Å². The summed E-state index contributed by atoms with van der Waals surface area (Å²) in [6.45, 7) is 6.29. The summed E-state index contributed by atoms with van der Waals surface area (Å²) in [5.74, 6) is 0.728. The number of Topliss-reactive ketones (excluding diaryl/α,β-unsaturated/α-hetero) is 1. The molecule has 0 bridgehead atoms. The van der Waals surface area contributed by atoms with E-state index in [0.717, 1.165) is 4.88 Å². The highest BCUT2D eigenvalue weighted by Gasteiger charge is 2.29. The first-order valence-corrected chi connectivity index (χ1v) is 6.76. The SMILES string of the molecule is CC(=O)c1cnc(C2CCC(C)(C)CC2)s1. The Morgan fingerprint density at radius 1 is 1.44 bits per heavy atom. The van der Waals surface area contributed by atoms with Gasteiger partial charge in [0, 0.05) is 19.0 Å². The van der Waals surface area contributed by atoms with E-state index in [1.165, 1.54) is 30.7 Å². The van der Waals surface area contributed by atoms with Crippen LogP contribution in [0.3, 0.4) is 0 Å². The van der Waals surface area contributed by atoms with Gasteiger partial charge in [-0.3, -0.25) is 4.79 Å². The first kappa shape index (κ1) is 11.8. The molecule has 3 heteroatoms. The Hall–Kier alpha value is -0.700. The van der Waals surface area contributed by atoms with E-state index in [9.17, 15) is 4.79 Å². The van der Waals surface area contributed by atoms with Crippen molar-refractivity contribution in [3.05, 3.63) is 16.1 Å². The maximum atomic E-state index is 11.2. The molecule has 1 aromatic heterocycles. The third-order valence-corrected chi connectivity index (χ3v) is 4.82. The second-order valence-corrected chi connectivity index (χ2v) is 6.62. The Labute approximate surface area is 101 Å². The van der Waals surface area contributed by atoms with E-state index in [1.807, 2.05) is 0 Å². The van der Waals surface area contributed by atoms with Crippen LogP contribution in [-0.2, 0) is 0 Å². The first-order valence-electron chi connectivity index (χ1n) is 5.95. The van der Waals surface area contributed by atoms with Gasteiger partial charge in [0.25, 0.3) is 0 Å². The van der Waals surface area contributed by atoms with Gasteiger partial charge in [0.1, 0.15) is 0 Å². The summed E-state index contributed by atoms with van der Waals surface area (Å²) in [6, 6.07) is 0. The highest BCUT2D eigenvalue weighted by atomic mass is 32.1. The molecule has 0 N–H and O–H groups in total. The van der Waals surface area contributed by atoms with Crippen molar-refractivity contribution in [2.24, 2.45) is 5.41 Å². The van der Waals surface area contributed by atoms with Crippen LogP contribution in [0.2, 0.25) is 0 Å². The van der Waals surface area contributed by atoms with Gasteiger partial charge in [-0.15, -0.1) is 11.3 Å². The zero-order valence-corrected chi connectivity index (χ0v) is 11.1. The number of carbonyl (C=O) groups excluding carboxylic acids is 1. The molecule has 1 saturated carbocycles. The lowest BCUT2D eigenvalue weighted by atomic mass is 9.73. The van der Waals surface area contributed by atoms with Crippen LogP contribution >= 0.6 is 11.3 Å². The molecule has 1 aliphatic rings. The van der Waals surface area contributed by atoms with Crippen LogP contribution < -0.4 is 0 Å². The van der Waals surface area contributed by atoms with Gasteiger partial charge < -0.3 is 0 Å². The molecule has 16 heavy (non-hydrogen) atoms. The first-order chi connectivity index (χ1) is 7.48. The van der Waals surface area contributed by atoms with Crippen LogP contribution in [0.4, 0.5) is 0 Å². The molecule has 1 fully saturated rings. The monoisotopic (exact) mass is 237 g/mol. The number of nitrogens with zero attached hydrogens (tertiary/aromatic N) is 1. The quantitative estimate of drug-likeness (QED) is 0.727. The largest absolute Gasteiger partial charge is 0.294 e. The normalized spacial score (nSPS) is 20.9. The van der Waals surface area contributed by atoms with E-state index in [1.54, 1.807) is 24.5 Å². The average Bonchev–Trinajstić information content (AvgIpc) is 2.66. The highest BCUT2D eigenvalue weighted by Crippen LogP contribution is 2.43. The van der Waals surface area contributed by atoms with E-state index in [2.05, 4.69) is 18.8 Å². The Balaban J connectivity index is 2.05. The Morgan fingerprint density at radius 2 is 2.06 bits per heavy atom. The predicted molar refractivity (Wildman–Crippen MR) is 67.1 cm³/mol. The zero-order valence-electron chi connectivity index (χ0n) is 10.2. The average molecular weight is 237 g/mol. The van der Waals surface area contributed by atoms with Crippen molar-refractivity contribution < 1.29 is 4.79 Å². The number of aromatic nitrogens is 1. The molecule has 1 aliphatic carbocycles. The summed E-state index contributed by atoms with van der Waals surface area (Å²) in [5.41, 5.74) is 0.497. The van der Waals surface area contributed by atoms with Crippen LogP contribution in [0.1, 0.15) is 67.1 Å². The lowest BCUT2D eigenvalue weighted by Gasteiger charge is -2.33. The van der Waals surface area contributed by atoms with Gasteiger partial charge >= 0.3 is 0 Å². The summed E-state index contributed by atoms with van der Waals surface area (Å²) in [4.78, 5) is 16.4. The minimum atomic E-state index is 0.139. The molecule has 1 heterocycles. The van der Waals surface area contributed by atoms with Crippen LogP contribution in [0.25, 0.3) is 0 Å². The molecule has 2 nitrogen and oxygen atoms in total. The fourth-order valence-corrected chi connectivity index (χ4v) is 3.27. The van der Waals surface area contributed by atoms with E-state index in [0.29, 0.717) is 11.3 Å². The number of hydrogen-bond acceptors (Lipinski definition) is 3. The van der Waals surface area contributed by atoms with Crippen molar-refractivity contribution in [3.63, 3.8) is 0 Å². The zero-order chi connectivity index (χ0) is 11.8. The molecule has 0 saturated heterocycles. The molecule has 2 rings (SSSR count). The van der Waals surface area contributed by atoms with Crippen LogP contribution in [0, 0.1) is 5.41 Å². The lowest BCUT2D eigenvalue weighted by molar-refractivity contribution is 0.102. The molecule has 0 atom stereocenters. The van der Waals surface area contributed by atoms with Gasteiger partial charge in [0.2, 0.25) is 0 Å². The lowest BCUT2D eigenvalue weighted by Crippen LogP contribution is -2.20. The Kier molecular flexibility index (Phi) is 3.15. The minimum Gasteiger partial charge on any atom is -0.294 e. The molecule has 0 unspecified atom stereocenters. The number of carbonyl (C=O) groups is 1. The minimum absolute atomic E-state index is 0.139. The summed E-state index contributed by atoms with van der Waals surface area (Å²) in [6.07, 6.45) is 6.72. The molecule has 0 radical (unpaired) electrons. The number of rotatable bonds is 2. The fraction of sp³-hybridized carbons (Fsp3) is 0.692. The molecule has 0 aliphatic heterocycles. The predicted octanol–water partition coefficient (Wildman–Crippen LogP) is 4.03. The second-order valence-electron chi connectivity index (χ2n) is 5.56. The smallest absolute Gasteiger partial charge is 0.171 e. The summed E-state index contributed by atoms with van der Waals surface area (Å²) >= 11 is 1.59. The molecule has 0 aromatic carbocycles. The van der Waals surface area contributed by atoms with Gasteiger partial charge in [0.05, 0.1) is 9.88 Å². The molecule has 88 valence electrons. The molecular weight excluding hydrogens is 218 g/mol. The summed E-state index contributed by atoms with van der Waals surface area (Å²) < 4.78 is 0. The highest BCUT2D eigenvalue weighted by molar-refractivity contribution is 7.13. The van der Waals surface area contributed by atoms with E-state index in [4.69, 9.17) is 0 Å². The fourth-order valence-electron chi connectivity index (χ4n) is 2.29. The van der Waals surface area contributed by atoms with E-state index >= 15 is 0 Å². The van der Waals surface area contributed by atoms with Crippen molar-refractivity contribution in [1.29, 1.82) is 0 Å². The van der Waals surface area contributed by atoms with Gasteiger partial charge in [-0.1, -0.05) is 13.8 Å². The van der Waals surface area contributed by atoms with Crippen LogP contribution in [0.15, 0.2) is 6.20 Å². The Bertz CT molecular complexity index is 384. The Morgan fingerprint density at radius 3 is 2.56 bits per heavy atom. The third kappa shape index (κ3) is 2.51. The van der Waals surface area contributed by atoms with Crippen molar-refractivity contribution in [3.8, 4) is 0 Å².